The SMILES string of the molecule is CCCCCCCCCCCCCCCCCC[N+](C)(C)CCCCCCCCCCCCCCCCCC.CCCCCCCCCCCCCCCCCC[N+](C)(C)CCCCCCCCCCCCCCCCCC.O=S(=O)([O-])O[O-]. The summed E-state index contributed by atoms with van der Waals surface area (Å²) in [5, 5.41) is 8.55. The Kier molecular flexibility index (Phi) is 76.9. The van der Waals surface area contributed by atoms with Gasteiger partial charge in [-0.2, -0.15) is 0 Å². The summed E-state index contributed by atoms with van der Waals surface area (Å²) < 4.78 is 31.3. The van der Waals surface area contributed by atoms with Crippen LogP contribution in [0.25, 0.3) is 0 Å². The van der Waals surface area contributed by atoms with E-state index in [1.165, 1.54) is 446 Å². The zero-order chi connectivity index (χ0) is 62.3. The maximum Gasteiger partial charge on any atom is 0.208 e. The van der Waals surface area contributed by atoms with Crippen LogP contribution in [0, 0.1) is 0 Å². The molecular formula is C76H160N2O5S. The van der Waals surface area contributed by atoms with E-state index in [0.29, 0.717) is 0 Å². The summed E-state index contributed by atoms with van der Waals surface area (Å²) in [6.07, 6.45) is 93.9. The lowest BCUT2D eigenvalue weighted by atomic mass is 10.0. The first kappa shape index (κ1) is 87.9. The van der Waals surface area contributed by atoms with Crippen molar-refractivity contribution in [3.8, 4) is 0 Å². The lowest BCUT2D eigenvalue weighted by molar-refractivity contribution is -0.890. The summed E-state index contributed by atoms with van der Waals surface area (Å²) in [6, 6.07) is 0. The molecule has 510 valence electrons. The van der Waals surface area contributed by atoms with Crippen LogP contribution in [-0.2, 0) is 14.7 Å². The van der Waals surface area contributed by atoms with Crippen molar-refractivity contribution in [2.75, 3.05) is 54.4 Å². The Balaban J connectivity index is -0.00000142. The van der Waals surface area contributed by atoms with Crippen LogP contribution >= 0.6 is 0 Å². The molecule has 0 rings (SSSR count). The van der Waals surface area contributed by atoms with E-state index in [2.05, 4.69) is 60.2 Å². The molecule has 0 aliphatic rings. The van der Waals surface area contributed by atoms with Crippen LogP contribution in [0.4, 0.5) is 0 Å². The minimum absolute atomic E-state index is 1.25. The van der Waals surface area contributed by atoms with Crippen molar-refractivity contribution in [2.24, 2.45) is 0 Å². The minimum atomic E-state index is -4.97. The Morgan fingerprint density at radius 2 is 0.298 bits per heavy atom. The molecule has 0 unspecified atom stereocenters. The van der Waals surface area contributed by atoms with Gasteiger partial charge in [0.05, 0.1) is 54.4 Å². The highest BCUT2D eigenvalue weighted by Crippen LogP contribution is 2.20. The molecule has 0 fully saturated rings. The molecule has 8 heteroatoms. The van der Waals surface area contributed by atoms with Crippen LogP contribution in [0.1, 0.15) is 439 Å². The fourth-order valence-electron chi connectivity index (χ4n) is 12.6. The average molecular weight is 1210 g/mol. The average Bonchev–Trinajstić information content (AvgIpc) is 3.49. The first-order valence-corrected chi connectivity index (χ1v) is 40.0. The molecule has 0 aromatic heterocycles. The van der Waals surface area contributed by atoms with E-state index >= 15 is 0 Å². The van der Waals surface area contributed by atoms with Gasteiger partial charge >= 0.3 is 0 Å². The number of quaternary nitrogens is 2. The molecule has 0 amide bonds. The summed E-state index contributed by atoms with van der Waals surface area (Å²) in [7, 11) is 4.91. The van der Waals surface area contributed by atoms with E-state index in [4.69, 9.17) is 18.2 Å². The van der Waals surface area contributed by atoms with Gasteiger partial charge in [-0.1, -0.05) is 387 Å². The number of unbranched alkanes of at least 4 members (excludes halogenated alkanes) is 60. The quantitative estimate of drug-likeness (QED) is 0.0151. The number of hydrogen-bond acceptors (Lipinski definition) is 5. The molecule has 0 saturated carbocycles. The third-order valence-electron chi connectivity index (χ3n) is 18.6. The van der Waals surface area contributed by atoms with Gasteiger partial charge in [-0.15, -0.1) is 0 Å². The Bertz CT molecular complexity index is 1120. The fraction of sp³-hybridized carbons (Fsp3) is 1.00. The van der Waals surface area contributed by atoms with Crippen molar-refractivity contribution in [3.63, 3.8) is 0 Å². The first-order valence-electron chi connectivity index (χ1n) is 38.7. The zero-order valence-electron chi connectivity index (χ0n) is 59.4. The Morgan fingerprint density at radius 3 is 0.381 bits per heavy atom. The molecule has 0 saturated heterocycles. The van der Waals surface area contributed by atoms with Gasteiger partial charge in [0.2, 0.25) is 10.4 Å². The van der Waals surface area contributed by atoms with Crippen LogP contribution in [0.5, 0.6) is 0 Å². The Hall–Kier alpha value is -0.250. The summed E-state index contributed by atoms with van der Waals surface area (Å²) in [4.78, 5) is 0. The first-order chi connectivity index (χ1) is 40.8. The van der Waals surface area contributed by atoms with Crippen molar-refractivity contribution in [1.82, 2.24) is 0 Å². The van der Waals surface area contributed by atoms with Gasteiger partial charge in [0, 0.05) is 0 Å². The predicted octanol–water partition coefficient (Wildman–Crippen LogP) is 24.9. The molecule has 0 heterocycles. The second-order valence-electron chi connectivity index (χ2n) is 28.5. The maximum atomic E-state index is 8.91. The molecule has 0 spiro atoms. The molecule has 0 radical (unpaired) electrons. The van der Waals surface area contributed by atoms with Gasteiger partial charge in [-0.25, -0.2) is 8.42 Å². The standard InChI is InChI=1S/2C38H80N.H2O5S/c2*1-5-7-9-11-13-15-17-19-21-23-25-27-29-31-33-35-37-39(3,4)38-36-34-32-30-28-26-24-22-20-18-16-14-12-10-8-6-2;1-5-6(2,3)4/h2*5-38H2,1-4H3;1H,(H,2,3,4)/q2*+1;/p-2. The van der Waals surface area contributed by atoms with E-state index in [0.717, 1.165) is 0 Å². The van der Waals surface area contributed by atoms with E-state index in [1.54, 1.807) is 0 Å². The maximum absolute atomic E-state index is 8.91. The van der Waals surface area contributed by atoms with Gasteiger partial charge in [0.1, 0.15) is 0 Å². The van der Waals surface area contributed by atoms with Gasteiger partial charge in [-0.05, 0) is 51.4 Å². The third-order valence-corrected chi connectivity index (χ3v) is 18.7. The zero-order valence-corrected chi connectivity index (χ0v) is 60.2. The van der Waals surface area contributed by atoms with Crippen molar-refractivity contribution < 1.29 is 31.5 Å². The predicted molar refractivity (Wildman–Crippen MR) is 373 cm³/mol. The second-order valence-corrected chi connectivity index (χ2v) is 29.4. The number of rotatable bonds is 69. The van der Waals surface area contributed by atoms with Crippen LogP contribution in [-0.4, -0.2) is 76.3 Å². The molecular weight excluding hydrogens is 1050 g/mol. The molecule has 84 heavy (non-hydrogen) atoms. The fourth-order valence-corrected chi connectivity index (χ4v) is 12.6. The second kappa shape index (κ2) is 73.5. The smallest absolute Gasteiger partial charge is 0.208 e. The molecule has 0 bridgehead atoms. The van der Waals surface area contributed by atoms with Crippen LogP contribution < -0.4 is 5.26 Å². The van der Waals surface area contributed by atoms with E-state index < -0.39 is 10.4 Å². The third kappa shape index (κ3) is 86.0. The summed E-state index contributed by atoms with van der Waals surface area (Å²) in [6.45, 7) is 14.8. The molecule has 0 aromatic rings. The summed E-state index contributed by atoms with van der Waals surface area (Å²) in [5.41, 5.74) is 0. The molecule has 0 N–H and O–H groups in total. The van der Waals surface area contributed by atoms with Gasteiger partial charge in [-0.3, -0.25) is 0 Å². The number of nitrogens with zero attached hydrogens (tertiary/aromatic N) is 2. The minimum Gasteiger partial charge on any atom is -0.726 e. The van der Waals surface area contributed by atoms with Crippen LogP contribution in [0.15, 0.2) is 0 Å². The van der Waals surface area contributed by atoms with Crippen LogP contribution in [0.3, 0.4) is 0 Å². The highest BCUT2D eigenvalue weighted by molar-refractivity contribution is 7.80. The van der Waals surface area contributed by atoms with Crippen LogP contribution in [0.2, 0.25) is 0 Å². The normalized spacial score (nSPS) is 12.0. The monoisotopic (exact) mass is 1210 g/mol. The van der Waals surface area contributed by atoms with E-state index in [-0.39, 0.29) is 0 Å². The lowest BCUT2D eigenvalue weighted by Crippen LogP contribution is -2.41. The molecule has 0 aromatic carbocycles. The lowest BCUT2D eigenvalue weighted by Gasteiger charge is -2.30. The van der Waals surface area contributed by atoms with Crippen molar-refractivity contribution in [1.29, 1.82) is 0 Å². The molecule has 0 aliphatic heterocycles. The van der Waals surface area contributed by atoms with Crippen molar-refractivity contribution >= 4 is 10.4 Å². The van der Waals surface area contributed by atoms with Crippen molar-refractivity contribution in [2.45, 2.75) is 439 Å². The molecule has 0 atom stereocenters. The van der Waals surface area contributed by atoms with Gasteiger partial charge in [0.25, 0.3) is 0 Å². The summed E-state index contributed by atoms with van der Waals surface area (Å²) >= 11 is 0. The van der Waals surface area contributed by atoms with Crippen molar-refractivity contribution in [3.05, 3.63) is 0 Å². The van der Waals surface area contributed by atoms with Gasteiger partial charge < -0.3 is 23.1 Å². The van der Waals surface area contributed by atoms with Gasteiger partial charge in [0.15, 0.2) is 0 Å². The summed E-state index contributed by atoms with van der Waals surface area (Å²) in [5.74, 6) is 0. The highest BCUT2D eigenvalue weighted by atomic mass is 32.3. The Morgan fingerprint density at radius 1 is 0.214 bits per heavy atom. The van der Waals surface area contributed by atoms with E-state index in [1.807, 2.05) is 0 Å². The molecule has 7 nitrogen and oxygen atoms in total. The Labute approximate surface area is 532 Å². The van der Waals surface area contributed by atoms with E-state index in [9.17, 15) is 0 Å². The highest BCUT2D eigenvalue weighted by Gasteiger charge is 2.15. The largest absolute Gasteiger partial charge is 0.726 e. The molecule has 0 aliphatic carbocycles. The number of hydrogen-bond donors (Lipinski definition) is 0. The topological polar surface area (TPSA) is 89.5 Å².